The van der Waals surface area contributed by atoms with E-state index in [-0.39, 0.29) is 18.0 Å². The van der Waals surface area contributed by atoms with Crippen molar-refractivity contribution >= 4 is 35.0 Å². The molecule has 3 nitrogen and oxygen atoms in total. The van der Waals surface area contributed by atoms with Crippen LogP contribution in [0.2, 0.25) is 5.02 Å². The Kier molecular flexibility index (Phi) is 3.54. The van der Waals surface area contributed by atoms with E-state index in [2.05, 4.69) is 0 Å². The van der Waals surface area contributed by atoms with Gasteiger partial charge in [-0.05, 0) is 48.1 Å². The molecule has 4 heteroatoms. The molecule has 1 fully saturated rings. The summed E-state index contributed by atoms with van der Waals surface area (Å²) < 4.78 is 0. The molecule has 0 atom stereocenters. The van der Waals surface area contributed by atoms with Crippen molar-refractivity contribution in [3.63, 3.8) is 0 Å². The van der Waals surface area contributed by atoms with Crippen LogP contribution in [0.25, 0.3) is 5.57 Å². The lowest BCUT2D eigenvalue weighted by Gasteiger charge is -2.32. The molecule has 0 bridgehead atoms. The number of Topliss-reactive ketones (excluding diaryl/α,β-unsaturated/α-hetero) is 2. The van der Waals surface area contributed by atoms with Gasteiger partial charge < -0.3 is 0 Å². The number of benzene rings is 1. The van der Waals surface area contributed by atoms with Crippen molar-refractivity contribution in [1.29, 1.82) is 0 Å². The summed E-state index contributed by atoms with van der Waals surface area (Å²) in [7, 11) is 0. The summed E-state index contributed by atoms with van der Waals surface area (Å²) in [6, 6.07) is 7.31. The van der Waals surface area contributed by atoms with Gasteiger partial charge in [-0.25, -0.2) is 0 Å². The van der Waals surface area contributed by atoms with Gasteiger partial charge in [0.25, 0.3) is 0 Å². The van der Waals surface area contributed by atoms with Gasteiger partial charge in [0.2, 0.25) is 0 Å². The largest absolute Gasteiger partial charge is 0.299 e. The van der Waals surface area contributed by atoms with Gasteiger partial charge in [-0.2, -0.15) is 0 Å². The molecule has 0 amide bonds. The van der Waals surface area contributed by atoms with Crippen molar-refractivity contribution in [2.24, 2.45) is 5.41 Å². The van der Waals surface area contributed by atoms with Crippen LogP contribution in [0.15, 0.2) is 29.8 Å². The van der Waals surface area contributed by atoms with Crippen LogP contribution >= 0.6 is 11.6 Å². The minimum Gasteiger partial charge on any atom is -0.299 e. The summed E-state index contributed by atoms with van der Waals surface area (Å²) in [5.74, 6) is 0.00372. The Labute approximate surface area is 128 Å². The monoisotopic (exact) mass is 302 g/mol. The highest BCUT2D eigenvalue weighted by Crippen LogP contribution is 2.47. The van der Waals surface area contributed by atoms with Crippen LogP contribution in [-0.2, 0) is 14.4 Å². The van der Waals surface area contributed by atoms with E-state index in [1.54, 1.807) is 12.1 Å². The van der Waals surface area contributed by atoms with Gasteiger partial charge >= 0.3 is 0 Å². The zero-order valence-corrected chi connectivity index (χ0v) is 12.3. The quantitative estimate of drug-likeness (QED) is 0.621. The highest BCUT2D eigenvalue weighted by atomic mass is 35.5. The number of aldehydes is 1. The first-order chi connectivity index (χ1) is 10.1. The minimum atomic E-state index is -0.924. The van der Waals surface area contributed by atoms with Crippen molar-refractivity contribution in [3.05, 3.63) is 40.4 Å². The Morgan fingerprint density at radius 2 is 1.62 bits per heavy atom. The first-order valence-electron chi connectivity index (χ1n) is 7.06. The van der Waals surface area contributed by atoms with E-state index >= 15 is 0 Å². The maximum atomic E-state index is 12.1. The SMILES string of the molecule is O=CC1=C(c2ccc(Cl)cc2)CCC2(C1)C(=O)CCC2=O. The molecule has 0 aromatic heterocycles. The van der Waals surface area contributed by atoms with Crippen LogP contribution in [0, 0.1) is 5.41 Å². The van der Waals surface area contributed by atoms with E-state index in [0.29, 0.717) is 36.3 Å². The third-order valence-corrected chi connectivity index (χ3v) is 4.92. The van der Waals surface area contributed by atoms with Crippen LogP contribution in [0.1, 0.15) is 37.7 Å². The van der Waals surface area contributed by atoms with E-state index in [9.17, 15) is 14.4 Å². The van der Waals surface area contributed by atoms with Crippen LogP contribution in [0.4, 0.5) is 0 Å². The smallest absolute Gasteiger partial charge is 0.147 e. The lowest BCUT2D eigenvalue weighted by Crippen LogP contribution is -2.36. The normalized spacial score (nSPS) is 21.2. The van der Waals surface area contributed by atoms with E-state index in [4.69, 9.17) is 11.6 Å². The average Bonchev–Trinajstić information content (AvgIpc) is 2.77. The van der Waals surface area contributed by atoms with E-state index in [0.717, 1.165) is 17.4 Å². The van der Waals surface area contributed by atoms with Gasteiger partial charge in [0.15, 0.2) is 0 Å². The zero-order chi connectivity index (χ0) is 15.0. The summed E-state index contributed by atoms with van der Waals surface area (Å²) in [6.45, 7) is 0. The third-order valence-electron chi connectivity index (χ3n) is 4.66. The van der Waals surface area contributed by atoms with Crippen molar-refractivity contribution in [2.45, 2.75) is 32.1 Å². The number of hydrogen-bond acceptors (Lipinski definition) is 3. The fraction of sp³-hybridized carbons (Fsp3) is 0.353. The molecular formula is C17H15ClO3. The van der Waals surface area contributed by atoms with Crippen LogP contribution in [-0.4, -0.2) is 17.9 Å². The lowest BCUT2D eigenvalue weighted by atomic mass is 9.68. The molecule has 0 aliphatic heterocycles. The molecule has 21 heavy (non-hydrogen) atoms. The van der Waals surface area contributed by atoms with E-state index < -0.39 is 5.41 Å². The molecule has 0 saturated heterocycles. The molecular weight excluding hydrogens is 288 g/mol. The fourth-order valence-electron chi connectivity index (χ4n) is 3.45. The molecule has 0 heterocycles. The number of halogens is 1. The van der Waals surface area contributed by atoms with Gasteiger partial charge in [0.1, 0.15) is 17.9 Å². The van der Waals surface area contributed by atoms with Crippen molar-refractivity contribution in [1.82, 2.24) is 0 Å². The molecule has 3 rings (SSSR count). The van der Waals surface area contributed by atoms with E-state index in [1.807, 2.05) is 12.1 Å². The number of carbonyl (C=O) groups excluding carboxylic acids is 3. The molecule has 1 spiro atoms. The molecule has 0 N–H and O–H groups in total. The van der Waals surface area contributed by atoms with Crippen molar-refractivity contribution < 1.29 is 14.4 Å². The second-order valence-electron chi connectivity index (χ2n) is 5.73. The molecule has 1 saturated carbocycles. The number of ketones is 2. The second-order valence-corrected chi connectivity index (χ2v) is 6.17. The Bertz CT molecular complexity index is 639. The zero-order valence-electron chi connectivity index (χ0n) is 11.5. The summed E-state index contributed by atoms with van der Waals surface area (Å²) in [5.41, 5.74) is 1.52. The van der Waals surface area contributed by atoms with Gasteiger partial charge in [-0.15, -0.1) is 0 Å². The standard InChI is InChI=1S/C17H15ClO3/c18-13-3-1-11(2-4-13)14-7-8-17(9-12(14)10-19)15(20)5-6-16(17)21/h1-4,10H,5-9H2. The second kappa shape index (κ2) is 5.23. The molecule has 2 aliphatic carbocycles. The molecule has 1 aromatic carbocycles. The maximum absolute atomic E-state index is 12.1. The number of rotatable bonds is 2. The highest BCUT2D eigenvalue weighted by molar-refractivity contribution is 6.30. The number of carbonyl (C=O) groups is 3. The van der Waals surface area contributed by atoms with Gasteiger partial charge in [0, 0.05) is 17.9 Å². The van der Waals surface area contributed by atoms with Crippen LogP contribution < -0.4 is 0 Å². The van der Waals surface area contributed by atoms with Gasteiger partial charge in [-0.3, -0.25) is 14.4 Å². The first-order valence-corrected chi connectivity index (χ1v) is 7.44. The molecule has 0 radical (unpaired) electrons. The summed E-state index contributed by atoms with van der Waals surface area (Å²) in [5, 5.41) is 0.639. The number of allylic oxidation sites excluding steroid dienone is 2. The average molecular weight is 303 g/mol. The van der Waals surface area contributed by atoms with Crippen molar-refractivity contribution in [3.8, 4) is 0 Å². The van der Waals surface area contributed by atoms with Gasteiger partial charge in [-0.1, -0.05) is 23.7 Å². The first kappa shape index (κ1) is 14.2. The Morgan fingerprint density at radius 3 is 2.19 bits per heavy atom. The molecule has 1 aromatic rings. The number of hydrogen-bond donors (Lipinski definition) is 0. The van der Waals surface area contributed by atoms with Crippen LogP contribution in [0.5, 0.6) is 0 Å². The highest BCUT2D eigenvalue weighted by Gasteiger charge is 2.51. The summed E-state index contributed by atoms with van der Waals surface area (Å²) in [4.78, 5) is 35.7. The van der Waals surface area contributed by atoms with Crippen LogP contribution in [0.3, 0.4) is 0 Å². The van der Waals surface area contributed by atoms with E-state index in [1.165, 1.54) is 0 Å². The van der Waals surface area contributed by atoms with Crippen molar-refractivity contribution in [2.75, 3.05) is 0 Å². The fourth-order valence-corrected chi connectivity index (χ4v) is 3.58. The summed E-state index contributed by atoms with van der Waals surface area (Å²) >= 11 is 5.88. The Balaban J connectivity index is 2.01. The molecule has 0 unspecified atom stereocenters. The van der Waals surface area contributed by atoms with Gasteiger partial charge in [0.05, 0.1) is 5.41 Å². The molecule has 108 valence electrons. The predicted molar refractivity (Wildman–Crippen MR) is 80.0 cm³/mol. The lowest BCUT2D eigenvalue weighted by molar-refractivity contribution is -0.135. The Hall–Kier alpha value is -1.74. The Morgan fingerprint density at radius 1 is 1.00 bits per heavy atom. The topological polar surface area (TPSA) is 51.2 Å². The minimum absolute atomic E-state index is 0.00186. The molecule has 2 aliphatic rings. The maximum Gasteiger partial charge on any atom is 0.147 e. The summed E-state index contributed by atoms with van der Waals surface area (Å²) in [6.07, 6.45) is 2.78. The predicted octanol–water partition coefficient (Wildman–Crippen LogP) is 3.39. The third kappa shape index (κ3) is 2.26.